The van der Waals surface area contributed by atoms with Gasteiger partial charge in [0.1, 0.15) is 0 Å². The summed E-state index contributed by atoms with van der Waals surface area (Å²) in [6.07, 6.45) is 3.07. The van der Waals surface area contributed by atoms with Gasteiger partial charge in [-0.2, -0.15) is 5.26 Å². The van der Waals surface area contributed by atoms with Gasteiger partial charge in [0.2, 0.25) is 5.91 Å². The fourth-order valence-electron chi connectivity index (χ4n) is 2.45. The summed E-state index contributed by atoms with van der Waals surface area (Å²) in [5.41, 5.74) is 1.29. The number of amides is 1. The quantitative estimate of drug-likeness (QED) is 0.776. The first-order chi connectivity index (χ1) is 10.3. The fraction of sp³-hybridized carbons (Fsp3) is 0.375. The van der Waals surface area contributed by atoms with Gasteiger partial charge < -0.3 is 4.90 Å². The van der Waals surface area contributed by atoms with Crippen LogP contribution in [0.25, 0.3) is 6.08 Å². The van der Waals surface area contributed by atoms with Crippen molar-refractivity contribution in [3.05, 3.63) is 41.5 Å². The van der Waals surface area contributed by atoms with Crippen molar-refractivity contribution >= 4 is 21.8 Å². The Bertz CT molecular complexity index is 747. The second kappa shape index (κ2) is 6.32. The van der Waals surface area contributed by atoms with Gasteiger partial charge in [-0.05, 0) is 37.6 Å². The Kier molecular flexibility index (Phi) is 4.67. The minimum Gasteiger partial charge on any atom is -0.334 e. The SMILES string of the molecule is C[C@@H]1[C@H](C)N(C(=O)/C=C/c2cccc(C#N)c2)CCS1(=O)=O. The van der Waals surface area contributed by atoms with Crippen molar-refractivity contribution < 1.29 is 13.2 Å². The van der Waals surface area contributed by atoms with E-state index in [1.165, 1.54) is 6.08 Å². The zero-order chi connectivity index (χ0) is 16.3. The molecule has 1 fully saturated rings. The Morgan fingerprint density at radius 3 is 2.82 bits per heavy atom. The molecule has 0 radical (unpaired) electrons. The van der Waals surface area contributed by atoms with Crippen LogP contribution in [0, 0.1) is 11.3 Å². The Hall–Kier alpha value is -2.13. The predicted octanol–water partition coefficient (Wildman–Crippen LogP) is 1.61. The standard InChI is InChI=1S/C16H18N2O3S/c1-12-13(2)22(20,21)9-8-18(12)16(19)7-6-14-4-3-5-15(10-14)11-17/h3-7,10,12-13H,8-9H2,1-2H3/b7-6+/t12-,13+/m0/s1. The van der Waals surface area contributed by atoms with Gasteiger partial charge in [-0.1, -0.05) is 12.1 Å². The molecule has 1 saturated heterocycles. The van der Waals surface area contributed by atoms with E-state index in [1.54, 1.807) is 49.1 Å². The summed E-state index contributed by atoms with van der Waals surface area (Å²) >= 11 is 0. The van der Waals surface area contributed by atoms with Crippen LogP contribution in [-0.4, -0.2) is 42.8 Å². The van der Waals surface area contributed by atoms with Crippen LogP contribution in [0.4, 0.5) is 0 Å². The van der Waals surface area contributed by atoms with E-state index in [2.05, 4.69) is 0 Å². The Morgan fingerprint density at radius 1 is 1.41 bits per heavy atom. The van der Waals surface area contributed by atoms with Crippen LogP contribution in [-0.2, 0) is 14.6 Å². The van der Waals surface area contributed by atoms with Crippen molar-refractivity contribution in [3.8, 4) is 6.07 Å². The van der Waals surface area contributed by atoms with Crippen LogP contribution in [0.1, 0.15) is 25.0 Å². The third kappa shape index (κ3) is 3.37. The summed E-state index contributed by atoms with van der Waals surface area (Å²) in [5, 5.41) is 8.30. The molecule has 5 nitrogen and oxygen atoms in total. The van der Waals surface area contributed by atoms with Gasteiger partial charge in [-0.3, -0.25) is 4.79 Å². The van der Waals surface area contributed by atoms with Gasteiger partial charge in [0.15, 0.2) is 9.84 Å². The summed E-state index contributed by atoms with van der Waals surface area (Å²) in [7, 11) is -3.11. The molecule has 0 aromatic heterocycles. The maximum absolute atomic E-state index is 12.3. The Balaban J connectivity index is 2.12. The van der Waals surface area contributed by atoms with E-state index in [-0.39, 0.29) is 24.2 Å². The van der Waals surface area contributed by atoms with Crippen molar-refractivity contribution in [1.82, 2.24) is 4.90 Å². The molecule has 116 valence electrons. The average Bonchev–Trinajstić information content (AvgIpc) is 2.51. The van der Waals surface area contributed by atoms with E-state index in [9.17, 15) is 13.2 Å². The van der Waals surface area contributed by atoms with E-state index >= 15 is 0 Å². The van der Waals surface area contributed by atoms with Crippen molar-refractivity contribution in [2.45, 2.75) is 25.1 Å². The smallest absolute Gasteiger partial charge is 0.246 e. The second-order valence-corrected chi connectivity index (χ2v) is 7.89. The first-order valence-electron chi connectivity index (χ1n) is 7.05. The topological polar surface area (TPSA) is 78.2 Å². The van der Waals surface area contributed by atoms with Gasteiger partial charge in [-0.15, -0.1) is 0 Å². The third-order valence-electron chi connectivity index (χ3n) is 4.07. The molecule has 2 atom stereocenters. The number of rotatable bonds is 2. The lowest BCUT2D eigenvalue weighted by Crippen LogP contribution is -2.53. The summed E-state index contributed by atoms with van der Waals surface area (Å²) in [4.78, 5) is 13.9. The first-order valence-corrected chi connectivity index (χ1v) is 8.77. The zero-order valence-electron chi connectivity index (χ0n) is 12.6. The molecule has 0 saturated carbocycles. The number of hydrogen-bond acceptors (Lipinski definition) is 4. The van der Waals surface area contributed by atoms with Gasteiger partial charge in [0.25, 0.3) is 0 Å². The fourth-order valence-corrected chi connectivity index (χ4v) is 4.02. The lowest BCUT2D eigenvalue weighted by atomic mass is 10.1. The molecule has 0 spiro atoms. The monoisotopic (exact) mass is 318 g/mol. The highest BCUT2D eigenvalue weighted by Crippen LogP contribution is 2.19. The van der Waals surface area contributed by atoms with E-state index in [0.29, 0.717) is 5.56 Å². The number of sulfone groups is 1. The lowest BCUT2D eigenvalue weighted by Gasteiger charge is -2.36. The van der Waals surface area contributed by atoms with Gasteiger partial charge >= 0.3 is 0 Å². The van der Waals surface area contributed by atoms with Crippen molar-refractivity contribution in [1.29, 1.82) is 5.26 Å². The normalized spacial score (nSPS) is 24.1. The molecule has 1 aliphatic rings. The maximum Gasteiger partial charge on any atom is 0.246 e. The second-order valence-electron chi connectivity index (χ2n) is 5.41. The molecular weight excluding hydrogens is 300 g/mol. The zero-order valence-corrected chi connectivity index (χ0v) is 13.4. The molecule has 0 unspecified atom stereocenters. The Morgan fingerprint density at radius 2 is 2.14 bits per heavy atom. The molecule has 0 bridgehead atoms. The summed E-state index contributed by atoms with van der Waals surface area (Å²) in [6, 6.07) is 8.64. The van der Waals surface area contributed by atoms with E-state index < -0.39 is 15.1 Å². The summed E-state index contributed by atoms with van der Waals surface area (Å²) < 4.78 is 23.6. The third-order valence-corrected chi connectivity index (χ3v) is 6.35. The van der Waals surface area contributed by atoms with Crippen molar-refractivity contribution in [2.24, 2.45) is 0 Å². The van der Waals surface area contributed by atoms with Crippen LogP contribution < -0.4 is 0 Å². The van der Waals surface area contributed by atoms with E-state index in [1.807, 2.05) is 6.07 Å². The van der Waals surface area contributed by atoms with Crippen LogP contribution >= 0.6 is 0 Å². The van der Waals surface area contributed by atoms with E-state index in [4.69, 9.17) is 5.26 Å². The number of nitrogens with zero attached hydrogens (tertiary/aromatic N) is 2. The Labute approximate surface area is 130 Å². The predicted molar refractivity (Wildman–Crippen MR) is 84.6 cm³/mol. The molecule has 1 amide bonds. The van der Waals surface area contributed by atoms with Crippen LogP contribution in [0.5, 0.6) is 0 Å². The average molecular weight is 318 g/mol. The largest absolute Gasteiger partial charge is 0.334 e. The van der Waals surface area contributed by atoms with Gasteiger partial charge in [-0.25, -0.2) is 8.42 Å². The first kappa shape index (κ1) is 16.2. The van der Waals surface area contributed by atoms with Crippen molar-refractivity contribution in [3.63, 3.8) is 0 Å². The molecule has 1 aliphatic heterocycles. The van der Waals surface area contributed by atoms with E-state index in [0.717, 1.165) is 5.56 Å². The van der Waals surface area contributed by atoms with Crippen LogP contribution in [0.15, 0.2) is 30.3 Å². The number of carbonyl (C=O) groups excluding carboxylic acids is 1. The summed E-state index contributed by atoms with van der Waals surface area (Å²) in [5.74, 6) is -0.209. The maximum atomic E-state index is 12.3. The molecule has 1 aromatic carbocycles. The number of carbonyl (C=O) groups is 1. The van der Waals surface area contributed by atoms with Crippen molar-refractivity contribution in [2.75, 3.05) is 12.3 Å². The van der Waals surface area contributed by atoms with Crippen LogP contribution in [0.3, 0.4) is 0 Å². The summed E-state index contributed by atoms with van der Waals surface area (Å²) in [6.45, 7) is 3.61. The number of benzene rings is 1. The number of nitriles is 1. The number of hydrogen-bond donors (Lipinski definition) is 0. The molecule has 0 aliphatic carbocycles. The molecule has 2 rings (SSSR count). The highest BCUT2D eigenvalue weighted by atomic mass is 32.2. The highest BCUT2D eigenvalue weighted by Gasteiger charge is 2.37. The molecule has 22 heavy (non-hydrogen) atoms. The van der Waals surface area contributed by atoms with Crippen LogP contribution in [0.2, 0.25) is 0 Å². The minimum atomic E-state index is -3.11. The highest BCUT2D eigenvalue weighted by molar-refractivity contribution is 7.92. The van der Waals surface area contributed by atoms with Gasteiger partial charge in [0.05, 0.1) is 22.6 Å². The molecule has 1 heterocycles. The minimum absolute atomic E-state index is 0.00199. The van der Waals surface area contributed by atoms with Gasteiger partial charge in [0, 0.05) is 18.7 Å². The molecule has 6 heteroatoms. The molecular formula is C16H18N2O3S. The molecule has 1 aromatic rings. The lowest BCUT2D eigenvalue weighted by molar-refractivity contribution is -0.127. The molecule has 0 N–H and O–H groups in total.